The molecule has 0 spiro atoms. The number of benzene rings is 2. The number of nitrogens with two attached hydrogens (primary N) is 1. The summed E-state index contributed by atoms with van der Waals surface area (Å²) in [7, 11) is -5.30. The Morgan fingerprint density at radius 3 is 2.38 bits per heavy atom. The molecule has 1 amide bonds. The third-order valence-corrected chi connectivity index (χ3v) is 10.4. The van der Waals surface area contributed by atoms with Crippen LogP contribution in [0.2, 0.25) is 0 Å². The zero-order valence-electron chi connectivity index (χ0n) is 23.0. The average Bonchev–Trinajstić information content (AvgIpc) is 3.34. The fraction of sp³-hybridized carbons (Fsp3) is 0.519. The van der Waals surface area contributed by atoms with Gasteiger partial charge in [0.15, 0.2) is 21.3 Å². The second kappa shape index (κ2) is 12.8. The van der Waals surface area contributed by atoms with Crippen LogP contribution in [0, 0.1) is 5.92 Å². The largest absolute Gasteiger partial charge is 0.454 e. The molecule has 216 valence electrons. The molecule has 0 bridgehead atoms. The van der Waals surface area contributed by atoms with Crippen LogP contribution in [0.5, 0.6) is 11.5 Å². The predicted octanol–water partition coefficient (Wildman–Crippen LogP) is 1.63. The first-order chi connectivity index (χ1) is 18.2. The van der Waals surface area contributed by atoms with E-state index in [9.17, 15) is 22.5 Å². The molecule has 2 aromatic rings. The lowest BCUT2D eigenvalue weighted by atomic mass is 9.98. The third kappa shape index (κ3) is 7.79. The molecule has 0 radical (unpaired) electrons. The lowest BCUT2D eigenvalue weighted by molar-refractivity contribution is -0.124. The van der Waals surface area contributed by atoms with Crippen LogP contribution in [-0.4, -0.2) is 77.0 Å². The molecule has 0 saturated heterocycles. The highest BCUT2D eigenvalue weighted by atomic mass is 32.2. The molecule has 0 aliphatic carbocycles. The number of aliphatic hydroxyl groups is 1. The van der Waals surface area contributed by atoms with Crippen LogP contribution in [0.15, 0.2) is 53.4 Å². The van der Waals surface area contributed by atoms with E-state index in [2.05, 4.69) is 5.32 Å². The van der Waals surface area contributed by atoms with E-state index in [1.54, 1.807) is 22.5 Å². The van der Waals surface area contributed by atoms with E-state index in [1.807, 2.05) is 44.2 Å². The molecule has 0 aromatic heterocycles. The molecule has 2 aromatic carbocycles. The number of rotatable bonds is 13. The topological polar surface area (TPSA) is 148 Å². The quantitative estimate of drug-likeness (QED) is 0.323. The van der Waals surface area contributed by atoms with Crippen LogP contribution >= 0.6 is 0 Å². The summed E-state index contributed by atoms with van der Waals surface area (Å²) >= 11 is 0. The van der Waals surface area contributed by atoms with Gasteiger partial charge in [-0.1, -0.05) is 44.2 Å². The van der Waals surface area contributed by atoms with Crippen molar-refractivity contribution in [3.05, 3.63) is 54.1 Å². The number of ether oxygens (including phenoxy) is 2. The Balaban J connectivity index is 1.85. The van der Waals surface area contributed by atoms with Crippen LogP contribution in [0.4, 0.5) is 0 Å². The number of hydrogen-bond donors (Lipinski definition) is 3. The summed E-state index contributed by atoms with van der Waals surface area (Å²) in [5.74, 6) is 0.506. The lowest BCUT2D eigenvalue weighted by Gasteiger charge is -2.33. The second-order valence-electron chi connectivity index (χ2n) is 10.7. The third-order valence-electron chi connectivity index (χ3n) is 6.82. The van der Waals surface area contributed by atoms with Crippen molar-refractivity contribution in [3.63, 3.8) is 0 Å². The van der Waals surface area contributed by atoms with Crippen molar-refractivity contribution in [3.8, 4) is 11.5 Å². The molecule has 1 heterocycles. The average molecular weight is 582 g/mol. The van der Waals surface area contributed by atoms with Crippen LogP contribution in [0.1, 0.15) is 33.3 Å². The number of nitrogens with zero attached hydrogens (tertiary/aromatic N) is 1. The molecule has 3 rings (SSSR count). The highest BCUT2D eigenvalue weighted by Crippen LogP contribution is 2.34. The van der Waals surface area contributed by atoms with Gasteiger partial charge in [-0.3, -0.25) is 4.79 Å². The van der Waals surface area contributed by atoms with Crippen molar-refractivity contribution in [1.29, 1.82) is 0 Å². The summed E-state index contributed by atoms with van der Waals surface area (Å²) < 4.78 is 49.1. The van der Waals surface area contributed by atoms with Gasteiger partial charge >= 0.3 is 0 Å². The molecule has 1 aliphatic heterocycles. The standard InChI is InChI=1S/C27H39N3O7S2/c1-18(2)15-30(38(33)20-11-12-23-24(14-20)37-17-36-23)16-22(31)21(13-19-9-7-6-8-10-19)29-26(32)25(28)27(3,4)39(5,34)35/h6-12,14,18,21-22,25,31H,13,15-17,28H2,1-5H3,(H,29,32)/t21-,22+,25+,38?/m0/s1. The maximum atomic E-state index is 13.6. The van der Waals surface area contributed by atoms with E-state index in [4.69, 9.17) is 15.2 Å². The molecule has 4 N–H and O–H groups in total. The van der Waals surface area contributed by atoms with Crippen molar-refractivity contribution in [2.75, 3.05) is 26.1 Å². The molecule has 1 aliphatic rings. The molecule has 1 unspecified atom stereocenters. The molecule has 0 saturated carbocycles. The van der Waals surface area contributed by atoms with Gasteiger partial charge in [-0.25, -0.2) is 16.9 Å². The van der Waals surface area contributed by atoms with Gasteiger partial charge in [0, 0.05) is 25.4 Å². The molecule has 10 nitrogen and oxygen atoms in total. The van der Waals surface area contributed by atoms with Gasteiger partial charge in [0.1, 0.15) is 17.0 Å². The number of carbonyl (C=O) groups excluding carboxylic acids is 1. The molecule has 39 heavy (non-hydrogen) atoms. The molecular formula is C27H39N3O7S2. The number of hydrogen-bond acceptors (Lipinski definition) is 8. The van der Waals surface area contributed by atoms with Crippen molar-refractivity contribution in [2.24, 2.45) is 11.7 Å². The minimum absolute atomic E-state index is 0.0261. The fourth-order valence-corrected chi connectivity index (χ4v) is 6.04. The number of sulfone groups is 1. The summed E-state index contributed by atoms with van der Waals surface area (Å²) in [5.41, 5.74) is 6.96. The van der Waals surface area contributed by atoms with Crippen molar-refractivity contribution < 1.29 is 32.0 Å². The van der Waals surface area contributed by atoms with Crippen LogP contribution < -0.4 is 20.5 Å². The first-order valence-electron chi connectivity index (χ1n) is 12.7. The molecule has 0 fully saturated rings. The van der Waals surface area contributed by atoms with Gasteiger partial charge in [-0.05, 0) is 43.9 Å². The Morgan fingerprint density at radius 1 is 1.13 bits per heavy atom. The molecular weight excluding hydrogens is 542 g/mol. The van der Waals surface area contributed by atoms with Gasteiger partial charge in [0.2, 0.25) is 12.7 Å². The van der Waals surface area contributed by atoms with E-state index in [0.29, 0.717) is 22.9 Å². The number of amides is 1. The van der Waals surface area contributed by atoms with Crippen LogP contribution in [0.3, 0.4) is 0 Å². The van der Waals surface area contributed by atoms with E-state index in [1.165, 1.54) is 13.8 Å². The van der Waals surface area contributed by atoms with Gasteiger partial charge in [-0.15, -0.1) is 0 Å². The van der Waals surface area contributed by atoms with E-state index in [-0.39, 0.29) is 25.7 Å². The first kappa shape index (κ1) is 31.0. The Bertz CT molecular complexity index is 1270. The zero-order chi connectivity index (χ0) is 29.0. The summed E-state index contributed by atoms with van der Waals surface area (Å²) in [5, 5.41) is 14.2. The number of nitrogens with one attached hydrogen (secondary N) is 1. The summed E-state index contributed by atoms with van der Waals surface area (Å²) in [6, 6.07) is 12.1. The minimum Gasteiger partial charge on any atom is -0.454 e. The number of fused-ring (bicyclic) bond motifs is 1. The van der Waals surface area contributed by atoms with Crippen LogP contribution in [-0.2, 0) is 32.0 Å². The van der Waals surface area contributed by atoms with E-state index >= 15 is 0 Å². The number of aliphatic hydroxyl groups excluding tert-OH is 1. The van der Waals surface area contributed by atoms with Gasteiger partial charge in [0.05, 0.1) is 21.8 Å². The van der Waals surface area contributed by atoms with E-state index in [0.717, 1.165) is 11.8 Å². The monoisotopic (exact) mass is 581 g/mol. The normalized spacial score (nSPS) is 16.6. The van der Waals surface area contributed by atoms with Crippen molar-refractivity contribution in [2.45, 2.75) is 61.9 Å². The Hall–Kier alpha value is -2.51. The SMILES string of the molecule is CC(C)CN(C[C@@H](O)[C@H](Cc1ccccc1)NC(=O)[C@@H](N)C(C)(C)S(C)(=O)=O)S(=O)c1ccc2c(c1)OCO2. The maximum absolute atomic E-state index is 13.6. The Labute approximate surface area is 233 Å². The predicted molar refractivity (Wildman–Crippen MR) is 150 cm³/mol. The van der Waals surface area contributed by atoms with Gasteiger partial charge in [-0.2, -0.15) is 0 Å². The Morgan fingerprint density at radius 2 is 1.77 bits per heavy atom. The van der Waals surface area contributed by atoms with Gasteiger partial charge in [0.25, 0.3) is 0 Å². The molecule has 4 atom stereocenters. The highest BCUT2D eigenvalue weighted by molar-refractivity contribution is 7.92. The fourth-order valence-electron chi connectivity index (χ4n) is 4.06. The summed E-state index contributed by atoms with van der Waals surface area (Å²) in [6.45, 7) is 7.23. The van der Waals surface area contributed by atoms with Crippen molar-refractivity contribution in [1.82, 2.24) is 9.62 Å². The Kier molecular flexibility index (Phi) is 10.2. The smallest absolute Gasteiger partial charge is 0.238 e. The van der Waals surface area contributed by atoms with Crippen LogP contribution in [0.25, 0.3) is 0 Å². The second-order valence-corrected chi connectivity index (χ2v) is 14.8. The number of carbonyl (C=O) groups is 1. The minimum atomic E-state index is -3.66. The van der Waals surface area contributed by atoms with Gasteiger partial charge < -0.3 is 25.6 Å². The molecule has 12 heteroatoms. The first-order valence-corrected chi connectivity index (χ1v) is 15.7. The summed E-state index contributed by atoms with van der Waals surface area (Å²) in [6.07, 6.45) is 0.136. The maximum Gasteiger partial charge on any atom is 0.238 e. The van der Waals surface area contributed by atoms with Crippen molar-refractivity contribution >= 4 is 26.7 Å². The summed E-state index contributed by atoms with van der Waals surface area (Å²) in [4.78, 5) is 13.7. The zero-order valence-corrected chi connectivity index (χ0v) is 24.6. The lowest BCUT2D eigenvalue weighted by Crippen LogP contribution is -2.60. The highest BCUT2D eigenvalue weighted by Gasteiger charge is 2.42. The van der Waals surface area contributed by atoms with E-state index < -0.39 is 49.7 Å².